The smallest absolute Gasteiger partial charge is 0.302 e. The Hall–Kier alpha value is -3.87. The van der Waals surface area contributed by atoms with Gasteiger partial charge in [-0.15, -0.1) is 0 Å². The Labute approximate surface area is 172 Å². The Bertz CT molecular complexity index is 1160. The summed E-state index contributed by atoms with van der Waals surface area (Å²) in [6.45, 7) is 2.39. The number of carbonyl (C=O) groups excluding carboxylic acids is 3. The summed E-state index contributed by atoms with van der Waals surface area (Å²) >= 11 is 0. The van der Waals surface area contributed by atoms with Crippen LogP contribution in [0.4, 0.5) is 0 Å². The SMILES string of the molecule is CC(=O)OCCn1cc(C2=CC(=O)NC2=O)c2cc(OCc3ccccc3)ccc21. The molecule has 4 rings (SSSR count). The van der Waals surface area contributed by atoms with Crippen molar-refractivity contribution in [2.75, 3.05) is 6.61 Å². The Kier molecular flexibility index (Phi) is 5.34. The minimum absolute atomic E-state index is 0.203. The molecular formula is C23H20N2O5. The molecule has 3 aromatic rings. The summed E-state index contributed by atoms with van der Waals surface area (Å²) in [5.41, 5.74) is 2.82. The fourth-order valence-corrected chi connectivity index (χ4v) is 3.41. The van der Waals surface area contributed by atoms with Gasteiger partial charge in [-0.3, -0.25) is 19.7 Å². The lowest BCUT2D eigenvalue weighted by molar-refractivity contribution is -0.141. The number of imide groups is 1. The highest BCUT2D eigenvalue weighted by Crippen LogP contribution is 2.32. The minimum atomic E-state index is -0.438. The van der Waals surface area contributed by atoms with Crippen LogP contribution in [0.25, 0.3) is 16.5 Å². The van der Waals surface area contributed by atoms with Crippen molar-refractivity contribution in [3.8, 4) is 5.75 Å². The number of nitrogens with one attached hydrogen (secondary N) is 1. The molecule has 0 fully saturated rings. The van der Waals surface area contributed by atoms with Gasteiger partial charge in [0, 0.05) is 35.7 Å². The molecule has 7 heteroatoms. The van der Waals surface area contributed by atoms with Crippen molar-refractivity contribution in [2.45, 2.75) is 20.1 Å². The predicted molar refractivity (Wildman–Crippen MR) is 110 cm³/mol. The Morgan fingerprint density at radius 1 is 1.10 bits per heavy atom. The number of benzene rings is 2. The molecule has 7 nitrogen and oxygen atoms in total. The van der Waals surface area contributed by atoms with Crippen LogP contribution in [0.5, 0.6) is 5.75 Å². The van der Waals surface area contributed by atoms with Crippen LogP contribution in [0, 0.1) is 0 Å². The molecule has 0 unspecified atom stereocenters. The molecule has 0 saturated carbocycles. The quantitative estimate of drug-likeness (QED) is 0.483. The molecule has 2 heterocycles. The Morgan fingerprint density at radius 3 is 2.60 bits per heavy atom. The first-order chi connectivity index (χ1) is 14.5. The summed E-state index contributed by atoms with van der Waals surface area (Å²) in [4.78, 5) is 35.0. The first-order valence-electron chi connectivity index (χ1n) is 9.51. The number of aromatic nitrogens is 1. The van der Waals surface area contributed by atoms with Gasteiger partial charge in [0.1, 0.15) is 19.0 Å². The van der Waals surface area contributed by atoms with Gasteiger partial charge in [-0.05, 0) is 23.8 Å². The van der Waals surface area contributed by atoms with Crippen LogP contribution in [0.15, 0.2) is 60.8 Å². The van der Waals surface area contributed by atoms with E-state index in [0.717, 1.165) is 16.5 Å². The van der Waals surface area contributed by atoms with Gasteiger partial charge in [-0.25, -0.2) is 0 Å². The maximum atomic E-state index is 12.2. The molecule has 1 aliphatic heterocycles. The van der Waals surface area contributed by atoms with E-state index >= 15 is 0 Å². The first kappa shape index (κ1) is 19.4. The lowest BCUT2D eigenvalue weighted by atomic mass is 10.1. The Balaban J connectivity index is 1.68. The first-order valence-corrected chi connectivity index (χ1v) is 9.51. The summed E-state index contributed by atoms with van der Waals surface area (Å²) in [7, 11) is 0. The molecular weight excluding hydrogens is 384 g/mol. The third-order valence-electron chi connectivity index (χ3n) is 4.79. The van der Waals surface area contributed by atoms with Gasteiger partial charge in [0.2, 0.25) is 0 Å². The van der Waals surface area contributed by atoms with Gasteiger partial charge in [-0.1, -0.05) is 30.3 Å². The summed E-state index contributed by atoms with van der Waals surface area (Å²) in [5.74, 6) is -0.579. The normalized spacial score (nSPS) is 13.3. The van der Waals surface area contributed by atoms with Crippen molar-refractivity contribution >= 4 is 34.3 Å². The van der Waals surface area contributed by atoms with Crippen molar-refractivity contribution in [2.24, 2.45) is 0 Å². The van der Waals surface area contributed by atoms with Gasteiger partial charge >= 0.3 is 5.97 Å². The van der Waals surface area contributed by atoms with Crippen LogP contribution in [0.3, 0.4) is 0 Å². The van der Waals surface area contributed by atoms with Crippen molar-refractivity contribution in [1.82, 2.24) is 9.88 Å². The summed E-state index contributed by atoms with van der Waals surface area (Å²) < 4.78 is 12.9. The molecule has 2 amide bonds. The van der Waals surface area contributed by atoms with E-state index in [1.165, 1.54) is 13.0 Å². The van der Waals surface area contributed by atoms with Crippen molar-refractivity contribution < 1.29 is 23.9 Å². The second-order valence-electron chi connectivity index (χ2n) is 6.91. The second kappa shape index (κ2) is 8.24. The summed E-state index contributed by atoms with van der Waals surface area (Å²) in [5, 5.41) is 3.06. The molecule has 0 saturated heterocycles. The number of fused-ring (bicyclic) bond motifs is 1. The molecule has 0 atom stereocenters. The van der Waals surface area contributed by atoms with Crippen LogP contribution >= 0.6 is 0 Å². The topological polar surface area (TPSA) is 86.6 Å². The zero-order valence-electron chi connectivity index (χ0n) is 16.4. The molecule has 30 heavy (non-hydrogen) atoms. The number of rotatable bonds is 7. The van der Waals surface area contributed by atoms with Crippen LogP contribution in [0.1, 0.15) is 18.1 Å². The number of esters is 1. The lowest BCUT2D eigenvalue weighted by Crippen LogP contribution is -2.21. The number of amides is 2. The van der Waals surface area contributed by atoms with E-state index in [1.807, 2.05) is 53.1 Å². The number of hydrogen-bond donors (Lipinski definition) is 1. The zero-order valence-corrected chi connectivity index (χ0v) is 16.4. The van der Waals surface area contributed by atoms with Crippen LogP contribution in [-0.4, -0.2) is 29.0 Å². The fourth-order valence-electron chi connectivity index (χ4n) is 3.41. The average Bonchev–Trinajstić information content (AvgIpc) is 3.25. The summed E-state index contributed by atoms with van der Waals surface area (Å²) in [6, 6.07) is 15.4. The molecule has 2 aromatic carbocycles. The van der Waals surface area contributed by atoms with Gasteiger partial charge in [-0.2, -0.15) is 0 Å². The van der Waals surface area contributed by atoms with E-state index in [1.54, 1.807) is 6.20 Å². The maximum Gasteiger partial charge on any atom is 0.302 e. The average molecular weight is 404 g/mol. The minimum Gasteiger partial charge on any atom is -0.489 e. The van der Waals surface area contributed by atoms with E-state index in [4.69, 9.17) is 9.47 Å². The molecule has 1 N–H and O–H groups in total. The van der Waals surface area contributed by atoms with Gasteiger partial charge in [0.25, 0.3) is 11.8 Å². The molecule has 0 aliphatic carbocycles. The standard InChI is InChI=1S/C23H20N2O5/c1-15(26)29-10-9-25-13-20(19-12-22(27)24-23(19)28)18-11-17(7-8-21(18)25)30-14-16-5-3-2-4-6-16/h2-8,11-13H,9-10,14H2,1H3,(H,24,27,28). The number of hydrogen-bond acceptors (Lipinski definition) is 5. The highest BCUT2D eigenvalue weighted by atomic mass is 16.5. The van der Waals surface area contributed by atoms with Crippen molar-refractivity contribution in [3.05, 3.63) is 71.9 Å². The van der Waals surface area contributed by atoms with E-state index in [9.17, 15) is 14.4 Å². The molecule has 0 radical (unpaired) electrons. The highest BCUT2D eigenvalue weighted by molar-refractivity contribution is 6.35. The van der Waals surface area contributed by atoms with Gasteiger partial charge < -0.3 is 14.0 Å². The molecule has 152 valence electrons. The largest absolute Gasteiger partial charge is 0.489 e. The van der Waals surface area contributed by atoms with Crippen LogP contribution in [0.2, 0.25) is 0 Å². The van der Waals surface area contributed by atoms with E-state index in [0.29, 0.717) is 30.0 Å². The summed E-state index contributed by atoms with van der Waals surface area (Å²) in [6.07, 6.45) is 3.09. The van der Waals surface area contributed by atoms with Crippen molar-refractivity contribution in [1.29, 1.82) is 0 Å². The van der Waals surface area contributed by atoms with Crippen LogP contribution < -0.4 is 10.1 Å². The van der Waals surface area contributed by atoms with E-state index < -0.39 is 11.8 Å². The monoisotopic (exact) mass is 404 g/mol. The zero-order chi connectivity index (χ0) is 21.1. The molecule has 0 spiro atoms. The third kappa shape index (κ3) is 4.10. The second-order valence-corrected chi connectivity index (χ2v) is 6.91. The van der Waals surface area contributed by atoms with E-state index in [-0.39, 0.29) is 12.6 Å². The number of carbonyl (C=O) groups is 3. The van der Waals surface area contributed by atoms with Gasteiger partial charge in [0.05, 0.1) is 12.1 Å². The van der Waals surface area contributed by atoms with E-state index in [2.05, 4.69) is 5.32 Å². The molecule has 1 aliphatic rings. The predicted octanol–water partition coefficient (Wildman–Crippen LogP) is 2.82. The molecule has 0 bridgehead atoms. The maximum absolute atomic E-state index is 12.2. The van der Waals surface area contributed by atoms with Gasteiger partial charge in [0.15, 0.2) is 0 Å². The highest BCUT2D eigenvalue weighted by Gasteiger charge is 2.25. The Morgan fingerprint density at radius 2 is 1.90 bits per heavy atom. The lowest BCUT2D eigenvalue weighted by Gasteiger charge is -2.08. The van der Waals surface area contributed by atoms with Crippen molar-refractivity contribution in [3.63, 3.8) is 0 Å². The molecule has 1 aromatic heterocycles. The number of ether oxygens (including phenoxy) is 2. The fraction of sp³-hybridized carbons (Fsp3) is 0.174. The third-order valence-corrected chi connectivity index (χ3v) is 4.79. The number of nitrogens with zero attached hydrogens (tertiary/aromatic N) is 1. The van der Waals surface area contributed by atoms with Crippen LogP contribution in [-0.2, 0) is 32.3 Å².